The highest BCUT2D eigenvalue weighted by Crippen LogP contribution is 2.24. The molecule has 0 radical (unpaired) electrons. The second kappa shape index (κ2) is 5.46. The molecule has 3 aromatic heterocycles. The quantitative estimate of drug-likeness (QED) is 0.697. The minimum Gasteiger partial charge on any atom is -0.358 e. The van der Waals surface area contributed by atoms with Crippen molar-refractivity contribution in [2.24, 2.45) is 0 Å². The van der Waals surface area contributed by atoms with Crippen molar-refractivity contribution in [1.29, 1.82) is 0 Å². The molecule has 0 unspecified atom stereocenters. The molecule has 0 amide bonds. The summed E-state index contributed by atoms with van der Waals surface area (Å²) in [7, 11) is 2.07. The summed E-state index contributed by atoms with van der Waals surface area (Å²) in [5.41, 5.74) is 2.00. The van der Waals surface area contributed by atoms with Crippen LogP contribution in [0.5, 0.6) is 0 Å². The lowest BCUT2D eigenvalue weighted by Gasteiger charge is -2.18. The predicted octanol–water partition coefficient (Wildman–Crippen LogP) is 2.16. The Morgan fingerprint density at radius 3 is 3.00 bits per heavy atom. The van der Waals surface area contributed by atoms with Gasteiger partial charge in [0.05, 0.1) is 5.52 Å². The van der Waals surface area contributed by atoms with Gasteiger partial charge in [-0.1, -0.05) is 6.92 Å². The topological polar surface area (TPSA) is 56.8 Å². The van der Waals surface area contributed by atoms with Gasteiger partial charge in [0.2, 0.25) is 0 Å². The van der Waals surface area contributed by atoms with E-state index < -0.39 is 0 Å². The Bertz CT molecular complexity index is 718. The predicted molar refractivity (Wildman–Crippen MR) is 83.2 cm³/mol. The van der Waals surface area contributed by atoms with Crippen molar-refractivity contribution >= 4 is 27.8 Å². The number of H-pyrrole nitrogens is 1. The van der Waals surface area contributed by atoms with Crippen molar-refractivity contribution in [1.82, 2.24) is 20.3 Å². The average Bonchev–Trinajstić information content (AvgIpc) is 2.85. The van der Waals surface area contributed by atoms with Crippen LogP contribution in [0.15, 0.2) is 30.6 Å². The summed E-state index contributed by atoms with van der Waals surface area (Å²) < 4.78 is 0. The van der Waals surface area contributed by atoms with E-state index in [2.05, 4.69) is 46.3 Å². The Hall–Kier alpha value is -2.14. The van der Waals surface area contributed by atoms with Gasteiger partial charge >= 0.3 is 0 Å². The van der Waals surface area contributed by atoms with Crippen LogP contribution in [0.25, 0.3) is 21.9 Å². The fourth-order valence-electron chi connectivity index (χ4n) is 2.36. The van der Waals surface area contributed by atoms with Crippen LogP contribution in [0, 0.1) is 0 Å². The average molecular weight is 269 g/mol. The summed E-state index contributed by atoms with van der Waals surface area (Å²) in [4.78, 5) is 14.4. The summed E-state index contributed by atoms with van der Waals surface area (Å²) in [5, 5.41) is 5.57. The summed E-state index contributed by atoms with van der Waals surface area (Å²) in [6.45, 7) is 5.01. The fourth-order valence-corrected chi connectivity index (χ4v) is 2.36. The van der Waals surface area contributed by atoms with Crippen LogP contribution >= 0.6 is 0 Å². The molecule has 0 aliphatic heterocycles. The van der Waals surface area contributed by atoms with E-state index in [1.807, 2.05) is 12.3 Å². The van der Waals surface area contributed by atoms with Gasteiger partial charge in [-0.2, -0.15) is 0 Å². The molecule has 3 rings (SSSR count). The lowest BCUT2D eigenvalue weighted by atomic mass is 10.2. The summed E-state index contributed by atoms with van der Waals surface area (Å²) in [6.07, 6.45) is 3.67. The Morgan fingerprint density at radius 2 is 2.15 bits per heavy atom. The third-order valence-electron chi connectivity index (χ3n) is 3.51. The van der Waals surface area contributed by atoms with Crippen LogP contribution in [0.4, 0.5) is 5.82 Å². The lowest BCUT2D eigenvalue weighted by molar-refractivity contribution is 0.703. The zero-order chi connectivity index (χ0) is 13.9. The molecule has 0 aliphatic carbocycles. The molecule has 2 N–H and O–H groups in total. The molecule has 0 saturated heterocycles. The van der Waals surface area contributed by atoms with Gasteiger partial charge in [0, 0.05) is 43.3 Å². The number of hydrogen-bond acceptors (Lipinski definition) is 4. The molecule has 0 fully saturated rings. The Labute approximate surface area is 118 Å². The first-order valence-electron chi connectivity index (χ1n) is 6.94. The van der Waals surface area contributed by atoms with E-state index in [1.165, 1.54) is 0 Å². The number of likely N-dealkylation sites (N-methyl/N-ethyl adjacent to an activating group) is 2. The maximum absolute atomic E-state index is 4.71. The van der Waals surface area contributed by atoms with Crippen LogP contribution < -0.4 is 10.2 Å². The van der Waals surface area contributed by atoms with Gasteiger partial charge in [-0.05, 0) is 24.7 Å². The largest absolute Gasteiger partial charge is 0.358 e. The maximum atomic E-state index is 4.71. The van der Waals surface area contributed by atoms with E-state index in [4.69, 9.17) is 4.98 Å². The zero-order valence-corrected chi connectivity index (χ0v) is 11.8. The van der Waals surface area contributed by atoms with Gasteiger partial charge in [-0.25, -0.2) is 4.98 Å². The van der Waals surface area contributed by atoms with Crippen LogP contribution in [0.1, 0.15) is 6.92 Å². The SMILES string of the molecule is CCNCCN(C)c1ccc2c(n1)[nH]c1ccncc12. The van der Waals surface area contributed by atoms with Gasteiger partial charge in [-0.15, -0.1) is 0 Å². The van der Waals surface area contributed by atoms with Gasteiger partial charge in [0.25, 0.3) is 0 Å². The van der Waals surface area contributed by atoms with E-state index >= 15 is 0 Å². The first-order valence-corrected chi connectivity index (χ1v) is 6.94. The Balaban J connectivity index is 1.92. The molecule has 20 heavy (non-hydrogen) atoms. The van der Waals surface area contributed by atoms with Crippen molar-refractivity contribution in [2.45, 2.75) is 6.92 Å². The van der Waals surface area contributed by atoms with Gasteiger partial charge in [-0.3, -0.25) is 4.98 Å². The highest BCUT2D eigenvalue weighted by atomic mass is 15.2. The smallest absolute Gasteiger partial charge is 0.140 e. The van der Waals surface area contributed by atoms with Gasteiger partial charge in [0.15, 0.2) is 0 Å². The molecule has 5 heteroatoms. The number of rotatable bonds is 5. The number of nitrogens with zero attached hydrogens (tertiary/aromatic N) is 3. The monoisotopic (exact) mass is 269 g/mol. The van der Waals surface area contributed by atoms with Crippen molar-refractivity contribution in [3.8, 4) is 0 Å². The van der Waals surface area contributed by atoms with Crippen LogP contribution in [0.3, 0.4) is 0 Å². The second-order valence-electron chi connectivity index (χ2n) is 4.89. The summed E-state index contributed by atoms with van der Waals surface area (Å²) in [5.74, 6) is 0.981. The standard InChI is InChI=1S/C15H19N5/c1-3-16-8-9-20(2)14-5-4-11-12-10-17-7-6-13(12)18-15(11)19-14/h4-7,10,16H,3,8-9H2,1-2H3,(H,18,19). The second-order valence-corrected chi connectivity index (χ2v) is 4.89. The van der Waals surface area contributed by atoms with Crippen LogP contribution in [0.2, 0.25) is 0 Å². The highest BCUT2D eigenvalue weighted by molar-refractivity contribution is 6.05. The summed E-state index contributed by atoms with van der Waals surface area (Å²) >= 11 is 0. The van der Waals surface area contributed by atoms with E-state index in [9.17, 15) is 0 Å². The fraction of sp³-hybridized carbons (Fsp3) is 0.333. The number of fused-ring (bicyclic) bond motifs is 3. The normalized spacial score (nSPS) is 11.3. The molecule has 0 spiro atoms. The molecule has 104 valence electrons. The van der Waals surface area contributed by atoms with Crippen LogP contribution in [-0.4, -0.2) is 41.6 Å². The molecule has 0 aliphatic rings. The molecular weight excluding hydrogens is 250 g/mol. The Kier molecular flexibility index (Phi) is 3.52. The molecule has 0 bridgehead atoms. The van der Waals surface area contributed by atoms with Crippen molar-refractivity contribution in [3.05, 3.63) is 30.6 Å². The number of hydrogen-bond donors (Lipinski definition) is 2. The summed E-state index contributed by atoms with van der Waals surface area (Å²) in [6, 6.07) is 6.15. The first kappa shape index (κ1) is 12.9. The minimum absolute atomic E-state index is 0.917. The minimum atomic E-state index is 0.917. The number of aromatic amines is 1. The van der Waals surface area contributed by atoms with E-state index in [0.717, 1.165) is 47.4 Å². The van der Waals surface area contributed by atoms with E-state index in [-0.39, 0.29) is 0 Å². The highest BCUT2D eigenvalue weighted by Gasteiger charge is 2.08. The van der Waals surface area contributed by atoms with Crippen molar-refractivity contribution in [2.75, 3.05) is 31.6 Å². The van der Waals surface area contributed by atoms with Gasteiger partial charge < -0.3 is 15.2 Å². The third kappa shape index (κ3) is 2.32. The zero-order valence-electron chi connectivity index (χ0n) is 11.8. The first-order chi connectivity index (χ1) is 9.79. The van der Waals surface area contributed by atoms with Crippen molar-refractivity contribution in [3.63, 3.8) is 0 Å². The van der Waals surface area contributed by atoms with Gasteiger partial charge in [0.1, 0.15) is 11.5 Å². The number of pyridine rings is 2. The molecular formula is C15H19N5. The molecule has 3 aromatic rings. The van der Waals surface area contributed by atoms with E-state index in [0.29, 0.717) is 0 Å². The van der Waals surface area contributed by atoms with E-state index in [1.54, 1.807) is 6.20 Å². The molecule has 3 heterocycles. The number of nitrogens with one attached hydrogen (secondary N) is 2. The van der Waals surface area contributed by atoms with Crippen molar-refractivity contribution < 1.29 is 0 Å². The maximum Gasteiger partial charge on any atom is 0.140 e. The van der Waals surface area contributed by atoms with Crippen LogP contribution in [-0.2, 0) is 0 Å². The number of aromatic nitrogens is 3. The lowest BCUT2D eigenvalue weighted by Crippen LogP contribution is -2.29. The molecule has 5 nitrogen and oxygen atoms in total. The molecule has 0 atom stereocenters. The number of anilines is 1. The Morgan fingerprint density at radius 1 is 1.25 bits per heavy atom. The molecule has 0 aromatic carbocycles. The third-order valence-corrected chi connectivity index (χ3v) is 3.51. The molecule has 0 saturated carbocycles.